The van der Waals surface area contributed by atoms with Crippen molar-refractivity contribution in [1.82, 2.24) is 9.88 Å². The molecule has 1 N–H and O–H groups in total. The molecule has 25 heavy (non-hydrogen) atoms. The van der Waals surface area contributed by atoms with E-state index in [0.29, 0.717) is 29.9 Å². The van der Waals surface area contributed by atoms with E-state index in [1.54, 1.807) is 6.20 Å². The molecule has 0 spiro atoms. The van der Waals surface area contributed by atoms with Gasteiger partial charge in [0.25, 0.3) is 5.91 Å². The number of hydrogen-bond donors (Lipinski definition) is 1. The Morgan fingerprint density at radius 2 is 2.08 bits per heavy atom. The third kappa shape index (κ3) is 4.45. The van der Waals surface area contributed by atoms with Crippen LogP contribution >= 0.6 is 11.3 Å². The SMILES string of the molecule is CC[C@H]1CN(C(=O)c2ccccc2)CC[C@H]1CC(=O)Nc1nccs1. The molecule has 1 fully saturated rings. The van der Waals surface area contributed by atoms with Gasteiger partial charge in [-0.3, -0.25) is 9.59 Å². The van der Waals surface area contributed by atoms with Crippen LogP contribution in [0.5, 0.6) is 0 Å². The van der Waals surface area contributed by atoms with Crippen LogP contribution in [0.4, 0.5) is 5.13 Å². The highest BCUT2D eigenvalue weighted by molar-refractivity contribution is 7.13. The van der Waals surface area contributed by atoms with Crippen LogP contribution in [0.3, 0.4) is 0 Å². The summed E-state index contributed by atoms with van der Waals surface area (Å²) in [5.74, 6) is 0.763. The number of aromatic nitrogens is 1. The van der Waals surface area contributed by atoms with Crippen LogP contribution < -0.4 is 5.32 Å². The number of piperidine rings is 1. The summed E-state index contributed by atoms with van der Waals surface area (Å²) in [6.07, 6.45) is 4.00. The number of amides is 2. The first-order chi connectivity index (χ1) is 12.2. The number of likely N-dealkylation sites (tertiary alicyclic amines) is 1. The van der Waals surface area contributed by atoms with Crippen molar-refractivity contribution in [2.45, 2.75) is 26.2 Å². The minimum absolute atomic E-state index is 0.0150. The van der Waals surface area contributed by atoms with Gasteiger partial charge >= 0.3 is 0 Å². The highest BCUT2D eigenvalue weighted by Crippen LogP contribution is 2.30. The number of carbonyl (C=O) groups excluding carboxylic acids is 2. The van der Waals surface area contributed by atoms with E-state index in [0.717, 1.165) is 24.9 Å². The lowest BCUT2D eigenvalue weighted by Gasteiger charge is -2.38. The van der Waals surface area contributed by atoms with Gasteiger partial charge in [0, 0.05) is 36.7 Å². The molecular weight excluding hydrogens is 334 g/mol. The Morgan fingerprint density at radius 3 is 2.76 bits per heavy atom. The molecule has 0 radical (unpaired) electrons. The van der Waals surface area contributed by atoms with E-state index < -0.39 is 0 Å². The standard InChI is InChI=1S/C19H23N3O2S/c1-2-14-13-22(18(24)15-6-4-3-5-7-15)10-8-16(14)12-17(23)21-19-20-9-11-25-19/h3-7,9,11,14,16H,2,8,10,12-13H2,1H3,(H,20,21,23)/t14-,16-/m0/s1. The first-order valence-corrected chi connectivity index (χ1v) is 9.59. The average molecular weight is 357 g/mol. The largest absolute Gasteiger partial charge is 0.338 e. The summed E-state index contributed by atoms with van der Waals surface area (Å²) in [5, 5.41) is 5.35. The van der Waals surface area contributed by atoms with Crippen molar-refractivity contribution >= 4 is 28.3 Å². The molecule has 0 unspecified atom stereocenters. The predicted molar refractivity (Wildman–Crippen MR) is 99.6 cm³/mol. The van der Waals surface area contributed by atoms with Gasteiger partial charge in [0.1, 0.15) is 0 Å². The number of rotatable bonds is 5. The molecule has 1 aromatic heterocycles. The summed E-state index contributed by atoms with van der Waals surface area (Å²) >= 11 is 1.43. The van der Waals surface area contributed by atoms with Gasteiger partial charge in [-0.15, -0.1) is 11.3 Å². The molecule has 3 rings (SSSR count). The van der Waals surface area contributed by atoms with Gasteiger partial charge in [-0.1, -0.05) is 31.5 Å². The van der Waals surface area contributed by atoms with Crippen molar-refractivity contribution in [3.8, 4) is 0 Å². The third-order valence-corrected chi connectivity index (χ3v) is 5.54. The van der Waals surface area contributed by atoms with Crippen LogP contribution in [0.2, 0.25) is 0 Å². The molecule has 132 valence electrons. The third-order valence-electron chi connectivity index (χ3n) is 4.85. The Kier molecular flexibility index (Phi) is 5.81. The molecule has 1 aliphatic heterocycles. The second-order valence-electron chi connectivity index (χ2n) is 6.42. The number of nitrogens with zero attached hydrogens (tertiary/aromatic N) is 2. The smallest absolute Gasteiger partial charge is 0.253 e. The molecule has 0 aliphatic carbocycles. The van der Waals surface area contributed by atoms with Crippen molar-refractivity contribution < 1.29 is 9.59 Å². The normalized spacial score (nSPS) is 20.3. The number of nitrogens with one attached hydrogen (secondary N) is 1. The fraction of sp³-hybridized carbons (Fsp3) is 0.421. The van der Waals surface area contributed by atoms with E-state index in [2.05, 4.69) is 17.2 Å². The van der Waals surface area contributed by atoms with Crippen LogP contribution in [0, 0.1) is 11.8 Å². The maximum atomic E-state index is 12.6. The molecule has 2 atom stereocenters. The lowest BCUT2D eigenvalue weighted by molar-refractivity contribution is -0.117. The maximum absolute atomic E-state index is 12.6. The number of anilines is 1. The average Bonchev–Trinajstić information content (AvgIpc) is 3.15. The summed E-state index contributed by atoms with van der Waals surface area (Å²) in [6, 6.07) is 9.41. The Balaban J connectivity index is 1.58. The number of carbonyl (C=O) groups is 2. The molecule has 1 aliphatic rings. The van der Waals surface area contributed by atoms with E-state index in [4.69, 9.17) is 0 Å². The molecule has 1 aromatic carbocycles. The fourth-order valence-electron chi connectivity index (χ4n) is 3.45. The van der Waals surface area contributed by atoms with E-state index in [1.807, 2.05) is 40.6 Å². The van der Waals surface area contributed by atoms with Gasteiger partial charge in [0.15, 0.2) is 5.13 Å². The molecule has 5 nitrogen and oxygen atoms in total. The lowest BCUT2D eigenvalue weighted by atomic mass is 9.81. The second-order valence-corrected chi connectivity index (χ2v) is 7.32. The predicted octanol–water partition coefficient (Wildman–Crippen LogP) is 3.66. The molecule has 2 heterocycles. The quantitative estimate of drug-likeness (QED) is 0.888. The van der Waals surface area contributed by atoms with E-state index >= 15 is 0 Å². The molecule has 6 heteroatoms. The summed E-state index contributed by atoms with van der Waals surface area (Å²) in [4.78, 5) is 30.9. The first kappa shape index (κ1) is 17.6. The van der Waals surface area contributed by atoms with Gasteiger partial charge in [-0.25, -0.2) is 4.98 Å². The van der Waals surface area contributed by atoms with Crippen molar-refractivity contribution in [2.24, 2.45) is 11.8 Å². The van der Waals surface area contributed by atoms with Crippen LogP contribution in [-0.2, 0) is 4.79 Å². The van der Waals surface area contributed by atoms with Crippen molar-refractivity contribution in [2.75, 3.05) is 18.4 Å². The number of hydrogen-bond acceptors (Lipinski definition) is 4. The molecule has 2 aromatic rings. The first-order valence-electron chi connectivity index (χ1n) is 8.71. The summed E-state index contributed by atoms with van der Waals surface area (Å²) in [6.45, 7) is 3.56. The van der Waals surface area contributed by atoms with Gasteiger partial charge in [-0.05, 0) is 30.4 Å². The fourth-order valence-corrected chi connectivity index (χ4v) is 4.00. The topological polar surface area (TPSA) is 62.3 Å². The summed E-state index contributed by atoms with van der Waals surface area (Å²) < 4.78 is 0. The van der Waals surface area contributed by atoms with Gasteiger partial charge in [0.2, 0.25) is 5.91 Å². The Bertz CT molecular complexity index is 703. The van der Waals surface area contributed by atoms with Gasteiger partial charge in [-0.2, -0.15) is 0 Å². The zero-order valence-corrected chi connectivity index (χ0v) is 15.2. The summed E-state index contributed by atoms with van der Waals surface area (Å²) in [7, 11) is 0. The Labute approximate surface area is 152 Å². The van der Waals surface area contributed by atoms with Crippen LogP contribution in [-0.4, -0.2) is 34.8 Å². The van der Waals surface area contributed by atoms with Crippen LogP contribution in [0.15, 0.2) is 41.9 Å². The highest BCUT2D eigenvalue weighted by atomic mass is 32.1. The number of thiazole rings is 1. The van der Waals surface area contributed by atoms with Crippen molar-refractivity contribution in [1.29, 1.82) is 0 Å². The molecule has 1 saturated heterocycles. The Hall–Kier alpha value is -2.21. The second kappa shape index (κ2) is 8.25. The van der Waals surface area contributed by atoms with Gasteiger partial charge in [0.05, 0.1) is 0 Å². The minimum atomic E-state index is 0.0150. The zero-order valence-electron chi connectivity index (χ0n) is 14.4. The van der Waals surface area contributed by atoms with Crippen LogP contribution in [0.25, 0.3) is 0 Å². The van der Waals surface area contributed by atoms with E-state index in [9.17, 15) is 9.59 Å². The van der Waals surface area contributed by atoms with E-state index in [1.165, 1.54) is 11.3 Å². The van der Waals surface area contributed by atoms with Crippen LogP contribution in [0.1, 0.15) is 36.5 Å². The molecular formula is C19H23N3O2S. The monoisotopic (exact) mass is 357 g/mol. The molecule has 0 bridgehead atoms. The molecule has 0 saturated carbocycles. The minimum Gasteiger partial charge on any atom is -0.338 e. The lowest BCUT2D eigenvalue weighted by Crippen LogP contribution is -2.44. The number of benzene rings is 1. The zero-order chi connectivity index (χ0) is 17.6. The van der Waals surface area contributed by atoms with Crippen molar-refractivity contribution in [3.05, 3.63) is 47.5 Å². The van der Waals surface area contributed by atoms with Gasteiger partial charge < -0.3 is 10.2 Å². The maximum Gasteiger partial charge on any atom is 0.253 e. The molecule has 2 amide bonds. The highest BCUT2D eigenvalue weighted by Gasteiger charge is 2.32. The summed E-state index contributed by atoms with van der Waals surface area (Å²) in [5.41, 5.74) is 0.734. The van der Waals surface area contributed by atoms with Crippen molar-refractivity contribution in [3.63, 3.8) is 0 Å². The Morgan fingerprint density at radius 1 is 1.28 bits per heavy atom. The van der Waals surface area contributed by atoms with E-state index in [-0.39, 0.29) is 11.8 Å².